The second kappa shape index (κ2) is 12.9. The number of carbonyl (C=O) groups is 2. The van der Waals surface area contributed by atoms with Gasteiger partial charge >= 0.3 is 0 Å². The van der Waals surface area contributed by atoms with Gasteiger partial charge in [-0.1, -0.05) is 78.9 Å². The summed E-state index contributed by atoms with van der Waals surface area (Å²) >= 11 is 2.77. The van der Waals surface area contributed by atoms with E-state index in [2.05, 4.69) is 15.6 Å². The molecule has 212 valence electrons. The van der Waals surface area contributed by atoms with Gasteiger partial charge in [0.05, 0.1) is 12.8 Å². The highest BCUT2D eigenvalue weighted by Crippen LogP contribution is 2.38. The molecule has 2 amide bonds. The predicted molar refractivity (Wildman–Crippen MR) is 176 cm³/mol. The van der Waals surface area contributed by atoms with E-state index in [0.717, 1.165) is 38.2 Å². The number of anilines is 2. The minimum absolute atomic E-state index is 0.192. The Morgan fingerprint density at radius 2 is 1.56 bits per heavy atom. The molecule has 5 aromatic carbocycles. The van der Waals surface area contributed by atoms with E-state index in [9.17, 15) is 9.59 Å². The summed E-state index contributed by atoms with van der Waals surface area (Å²) in [6.45, 7) is 0. The van der Waals surface area contributed by atoms with Gasteiger partial charge in [0.15, 0.2) is 5.13 Å². The van der Waals surface area contributed by atoms with Crippen molar-refractivity contribution in [2.24, 2.45) is 0 Å². The van der Waals surface area contributed by atoms with E-state index < -0.39 is 5.25 Å². The lowest BCUT2D eigenvalue weighted by atomic mass is 10.1. The smallest absolute Gasteiger partial charge is 0.255 e. The van der Waals surface area contributed by atoms with Crippen LogP contribution in [0.2, 0.25) is 0 Å². The maximum Gasteiger partial charge on any atom is 0.255 e. The lowest BCUT2D eigenvalue weighted by Gasteiger charge is -2.17. The average Bonchev–Trinajstić information content (AvgIpc) is 3.52. The van der Waals surface area contributed by atoms with Gasteiger partial charge in [0.1, 0.15) is 11.0 Å². The molecule has 6 nitrogen and oxygen atoms in total. The monoisotopic (exact) mass is 601 g/mol. The molecule has 0 bridgehead atoms. The number of thiazole rings is 1. The molecule has 0 spiro atoms. The van der Waals surface area contributed by atoms with Gasteiger partial charge in [-0.05, 0) is 58.8 Å². The Morgan fingerprint density at radius 1 is 0.791 bits per heavy atom. The van der Waals surface area contributed by atoms with Crippen molar-refractivity contribution in [2.75, 3.05) is 17.7 Å². The van der Waals surface area contributed by atoms with Crippen molar-refractivity contribution >= 4 is 56.5 Å². The van der Waals surface area contributed by atoms with E-state index in [1.165, 1.54) is 23.1 Å². The van der Waals surface area contributed by atoms with Crippen LogP contribution in [0, 0.1) is 0 Å². The number of nitrogens with one attached hydrogen (secondary N) is 2. The van der Waals surface area contributed by atoms with Crippen LogP contribution >= 0.6 is 23.1 Å². The zero-order valence-corrected chi connectivity index (χ0v) is 24.8. The van der Waals surface area contributed by atoms with Crippen molar-refractivity contribution < 1.29 is 14.3 Å². The quantitative estimate of drug-likeness (QED) is 0.162. The molecule has 6 rings (SSSR count). The van der Waals surface area contributed by atoms with Crippen LogP contribution < -0.4 is 15.4 Å². The number of nitrogens with zero attached hydrogens (tertiary/aromatic N) is 1. The Balaban J connectivity index is 1.20. The largest absolute Gasteiger partial charge is 0.496 e. The SMILES string of the molecule is COc1ccccc1-c1csc(NC(=O)C(Sc2cccc(NC(=O)c3ccc4ccccc4c3)c2)c2ccccc2)n1. The highest BCUT2D eigenvalue weighted by Gasteiger charge is 2.24. The van der Waals surface area contributed by atoms with Crippen molar-refractivity contribution in [3.63, 3.8) is 0 Å². The van der Waals surface area contributed by atoms with Crippen LogP contribution in [-0.4, -0.2) is 23.9 Å². The van der Waals surface area contributed by atoms with Crippen molar-refractivity contribution in [3.05, 3.63) is 138 Å². The zero-order valence-electron chi connectivity index (χ0n) is 23.2. The predicted octanol–water partition coefficient (Wildman–Crippen LogP) is 8.70. The summed E-state index contributed by atoms with van der Waals surface area (Å²) in [5.41, 5.74) is 3.68. The van der Waals surface area contributed by atoms with Crippen molar-refractivity contribution in [2.45, 2.75) is 10.1 Å². The second-order valence-corrected chi connectivity index (χ2v) is 11.7. The number of para-hydroxylation sites is 1. The first-order valence-electron chi connectivity index (χ1n) is 13.6. The molecular weight excluding hydrogens is 575 g/mol. The number of ether oxygens (including phenoxy) is 1. The maximum atomic E-state index is 13.7. The fraction of sp³-hybridized carbons (Fsp3) is 0.0571. The van der Waals surface area contributed by atoms with Crippen LogP contribution in [0.25, 0.3) is 22.0 Å². The highest BCUT2D eigenvalue weighted by molar-refractivity contribution is 8.00. The van der Waals surface area contributed by atoms with Crippen LogP contribution in [0.4, 0.5) is 10.8 Å². The fourth-order valence-electron chi connectivity index (χ4n) is 4.70. The van der Waals surface area contributed by atoms with Crippen LogP contribution in [0.15, 0.2) is 132 Å². The van der Waals surface area contributed by atoms with Crippen molar-refractivity contribution in [1.82, 2.24) is 4.98 Å². The molecule has 1 atom stereocenters. The van der Waals surface area contributed by atoms with E-state index >= 15 is 0 Å². The summed E-state index contributed by atoms with van der Waals surface area (Å²) < 4.78 is 5.48. The van der Waals surface area contributed by atoms with Gasteiger partial charge in [-0.2, -0.15) is 0 Å². The van der Waals surface area contributed by atoms with Gasteiger partial charge in [-0.3, -0.25) is 9.59 Å². The van der Waals surface area contributed by atoms with E-state index in [-0.39, 0.29) is 11.8 Å². The third-order valence-corrected chi connectivity index (χ3v) is 8.82. The van der Waals surface area contributed by atoms with E-state index in [1.54, 1.807) is 7.11 Å². The Labute approximate surface area is 257 Å². The molecule has 0 aliphatic rings. The Bertz CT molecular complexity index is 1910. The molecule has 43 heavy (non-hydrogen) atoms. The first-order valence-corrected chi connectivity index (χ1v) is 15.3. The molecule has 0 fully saturated rings. The normalized spacial score (nSPS) is 11.6. The van der Waals surface area contributed by atoms with E-state index in [1.807, 2.05) is 127 Å². The van der Waals surface area contributed by atoms with Gasteiger partial charge in [0.25, 0.3) is 5.91 Å². The van der Waals surface area contributed by atoms with E-state index in [0.29, 0.717) is 16.4 Å². The number of amides is 2. The molecule has 2 N–H and O–H groups in total. The number of methoxy groups -OCH3 is 1. The first kappa shape index (κ1) is 28.2. The number of aromatic nitrogens is 1. The van der Waals surface area contributed by atoms with Gasteiger partial charge in [-0.25, -0.2) is 4.98 Å². The third kappa shape index (κ3) is 6.61. The fourth-order valence-corrected chi connectivity index (χ4v) is 6.50. The topological polar surface area (TPSA) is 80.3 Å². The summed E-state index contributed by atoms with van der Waals surface area (Å²) in [5, 5.41) is 9.95. The summed E-state index contributed by atoms with van der Waals surface area (Å²) in [4.78, 5) is 32.3. The molecule has 1 unspecified atom stereocenters. The number of hydrogen-bond acceptors (Lipinski definition) is 6. The van der Waals surface area contributed by atoms with Crippen LogP contribution in [-0.2, 0) is 4.79 Å². The molecule has 0 saturated heterocycles. The molecule has 0 saturated carbocycles. The molecule has 8 heteroatoms. The van der Waals surface area contributed by atoms with Gasteiger partial charge < -0.3 is 15.4 Å². The third-order valence-electron chi connectivity index (χ3n) is 6.82. The Kier molecular flexibility index (Phi) is 8.49. The zero-order chi connectivity index (χ0) is 29.6. The average molecular weight is 602 g/mol. The molecule has 1 heterocycles. The number of thioether (sulfide) groups is 1. The Morgan fingerprint density at radius 3 is 2.40 bits per heavy atom. The summed E-state index contributed by atoms with van der Waals surface area (Å²) in [6, 6.07) is 38.4. The number of benzene rings is 5. The number of rotatable bonds is 9. The minimum Gasteiger partial charge on any atom is -0.496 e. The molecule has 0 radical (unpaired) electrons. The van der Waals surface area contributed by atoms with Crippen LogP contribution in [0.1, 0.15) is 21.2 Å². The number of fused-ring (bicyclic) bond motifs is 1. The summed E-state index contributed by atoms with van der Waals surface area (Å²) in [6.07, 6.45) is 0. The molecular formula is C35H27N3O3S2. The highest BCUT2D eigenvalue weighted by atomic mass is 32.2. The standard InChI is InChI=1S/C35H27N3O3S2/c1-41-31-17-8-7-16-29(31)30-22-42-35(37-30)38-34(40)32(24-11-3-2-4-12-24)43-28-15-9-14-27(21-28)36-33(39)26-19-18-23-10-5-6-13-25(23)20-26/h2-22,32H,1H3,(H,36,39)(H,37,38,40). The molecule has 6 aromatic rings. The second-order valence-electron chi connectivity index (χ2n) is 9.68. The molecule has 0 aliphatic heterocycles. The summed E-state index contributed by atoms with van der Waals surface area (Å²) in [7, 11) is 1.62. The Hall–Kier alpha value is -4.92. The molecule has 0 aliphatic carbocycles. The first-order chi connectivity index (χ1) is 21.1. The lowest BCUT2D eigenvalue weighted by Crippen LogP contribution is -2.19. The lowest BCUT2D eigenvalue weighted by molar-refractivity contribution is -0.115. The number of hydrogen-bond donors (Lipinski definition) is 2. The molecule has 1 aromatic heterocycles. The maximum absolute atomic E-state index is 13.7. The van der Waals surface area contributed by atoms with Crippen LogP contribution in [0.5, 0.6) is 5.75 Å². The van der Waals surface area contributed by atoms with E-state index in [4.69, 9.17) is 4.74 Å². The van der Waals surface area contributed by atoms with Crippen molar-refractivity contribution in [3.8, 4) is 17.0 Å². The summed E-state index contributed by atoms with van der Waals surface area (Å²) in [5.74, 6) is 0.332. The van der Waals surface area contributed by atoms with Crippen molar-refractivity contribution in [1.29, 1.82) is 0 Å². The number of carbonyl (C=O) groups excluding carboxylic acids is 2. The van der Waals surface area contributed by atoms with Crippen LogP contribution in [0.3, 0.4) is 0 Å². The van der Waals surface area contributed by atoms with Gasteiger partial charge in [0.2, 0.25) is 5.91 Å². The minimum atomic E-state index is -0.550. The van der Waals surface area contributed by atoms with Gasteiger partial charge in [-0.15, -0.1) is 23.1 Å². The van der Waals surface area contributed by atoms with Gasteiger partial charge in [0, 0.05) is 27.1 Å².